The molecule has 2 heteroatoms. The first kappa shape index (κ1) is 13.3. The van der Waals surface area contributed by atoms with Crippen LogP contribution >= 0.6 is 0 Å². The summed E-state index contributed by atoms with van der Waals surface area (Å²) in [5.41, 5.74) is 2.04. The van der Waals surface area contributed by atoms with Gasteiger partial charge < -0.3 is 5.11 Å². The molecule has 20 heavy (non-hydrogen) atoms. The van der Waals surface area contributed by atoms with E-state index in [-0.39, 0.29) is 5.41 Å². The molecule has 1 heterocycles. The lowest BCUT2D eigenvalue weighted by atomic mass is 9.64. The van der Waals surface area contributed by atoms with E-state index in [4.69, 9.17) is 0 Å². The molecule has 0 bridgehead atoms. The predicted octanol–water partition coefficient (Wildman–Crippen LogP) is 4.02. The fourth-order valence-corrected chi connectivity index (χ4v) is 3.53. The highest BCUT2D eigenvalue weighted by Gasteiger charge is 2.41. The van der Waals surface area contributed by atoms with Crippen molar-refractivity contribution in [1.82, 2.24) is 4.98 Å². The van der Waals surface area contributed by atoms with E-state index in [1.165, 1.54) is 24.8 Å². The average molecular weight is 267 g/mol. The first-order valence-corrected chi connectivity index (χ1v) is 7.46. The highest BCUT2D eigenvalue weighted by Crippen LogP contribution is 2.47. The number of nitrogens with zero attached hydrogens (tertiary/aromatic N) is 1. The summed E-state index contributed by atoms with van der Waals surface area (Å²) in [6, 6.07) is 14.4. The van der Waals surface area contributed by atoms with Gasteiger partial charge in [-0.1, -0.05) is 55.7 Å². The molecular weight excluding hydrogens is 246 g/mol. The van der Waals surface area contributed by atoms with Crippen LogP contribution in [0.5, 0.6) is 0 Å². The Hall–Kier alpha value is -1.67. The van der Waals surface area contributed by atoms with Crippen LogP contribution in [0, 0.1) is 0 Å². The Kier molecular flexibility index (Phi) is 3.83. The minimum Gasteiger partial charge on any atom is -0.387 e. The van der Waals surface area contributed by atoms with E-state index in [1.807, 2.05) is 18.2 Å². The molecule has 1 atom stereocenters. The van der Waals surface area contributed by atoms with E-state index in [1.54, 1.807) is 12.4 Å². The molecule has 104 valence electrons. The second-order valence-corrected chi connectivity index (χ2v) is 5.77. The molecule has 0 saturated heterocycles. The Morgan fingerprint density at radius 1 is 0.950 bits per heavy atom. The SMILES string of the molecule is OC(c1cccnc1)C1(c2ccccc2)CCCCC1. The number of pyridine rings is 1. The normalized spacial score (nSPS) is 19.4. The van der Waals surface area contributed by atoms with Gasteiger partial charge in [0.1, 0.15) is 0 Å². The molecule has 0 spiro atoms. The van der Waals surface area contributed by atoms with Crippen LogP contribution in [-0.4, -0.2) is 10.1 Å². The third-order valence-corrected chi connectivity index (χ3v) is 4.62. The molecule has 0 radical (unpaired) electrons. The lowest BCUT2D eigenvalue weighted by molar-refractivity contribution is 0.0525. The van der Waals surface area contributed by atoms with Gasteiger partial charge in [-0.25, -0.2) is 0 Å². The summed E-state index contributed by atoms with van der Waals surface area (Å²) in [5.74, 6) is 0. The first-order valence-electron chi connectivity index (χ1n) is 7.46. The van der Waals surface area contributed by atoms with Gasteiger partial charge >= 0.3 is 0 Å². The molecule has 1 aromatic carbocycles. The third-order valence-electron chi connectivity index (χ3n) is 4.62. The predicted molar refractivity (Wildman–Crippen MR) is 80.4 cm³/mol. The Bertz CT molecular complexity index is 532. The van der Waals surface area contributed by atoms with Crippen LogP contribution in [0.15, 0.2) is 54.9 Å². The zero-order valence-electron chi connectivity index (χ0n) is 11.7. The van der Waals surface area contributed by atoms with E-state index in [2.05, 4.69) is 29.2 Å². The second kappa shape index (κ2) is 5.76. The van der Waals surface area contributed by atoms with Crippen molar-refractivity contribution in [3.05, 3.63) is 66.0 Å². The average Bonchev–Trinajstić information content (AvgIpc) is 2.56. The number of hydrogen-bond acceptors (Lipinski definition) is 2. The van der Waals surface area contributed by atoms with Crippen LogP contribution in [0.4, 0.5) is 0 Å². The van der Waals surface area contributed by atoms with Gasteiger partial charge in [-0.3, -0.25) is 4.98 Å². The van der Waals surface area contributed by atoms with Crippen LogP contribution in [-0.2, 0) is 5.41 Å². The quantitative estimate of drug-likeness (QED) is 0.911. The molecule has 2 aromatic rings. The van der Waals surface area contributed by atoms with Gasteiger partial charge in [0.05, 0.1) is 6.10 Å². The van der Waals surface area contributed by atoms with E-state index >= 15 is 0 Å². The van der Waals surface area contributed by atoms with Crippen molar-refractivity contribution in [3.63, 3.8) is 0 Å². The van der Waals surface area contributed by atoms with Crippen molar-refractivity contribution < 1.29 is 5.11 Å². The highest BCUT2D eigenvalue weighted by molar-refractivity contribution is 5.31. The van der Waals surface area contributed by atoms with E-state index < -0.39 is 6.10 Å². The molecule has 1 N–H and O–H groups in total. The van der Waals surface area contributed by atoms with Crippen molar-refractivity contribution >= 4 is 0 Å². The Morgan fingerprint density at radius 3 is 2.35 bits per heavy atom. The molecule has 0 aliphatic heterocycles. The van der Waals surface area contributed by atoms with Gasteiger partial charge in [0.25, 0.3) is 0 Å². The minimum absolute atomic E-state index is 0.150. The molecule has 2 nitrogen and oxygen atoms in total. The molecule has 1 aromatic heterocycles. The zero-order valence-corrected chi connectivity index (χ0v) is 11.7. The Balaban J connectivity index is 2.02. The van der Waals surface area contributed by atoms with Crippen LogP contribution < -0.4 is 0 Å². The summed E-state index contributed by atoms with van der Waals surface area (Å²) in [6.07, 6.45) is 8.82. The molecule has 3 rings (SSSR count). The maximum atomic E-state index is 11.0. The standard InChI is InChI=1S/C18H21NO/c20-17(15-8-7-13-19-14-15)18(11-5-2-6-12-18)16-9-3-1-4-10-16/h1,3-4,7-10,13-14,17,20H,2,5-6,11-12H2. The summed E-state index contributed by atoms with van der Waals surface area (Å²) >= 11 is 0. The van der Waals surface area contributed by atoms with Crippen molar-refractivity contribution in [3.8, 4) is 0 Å². The molecule has 1 unspecified atom stereocenters. The number of aliphatic hydroxyl groups is 1. The number of benzene rings is 1. The van der Waals surface area contributed by atoms with Gasteiger partial charge in [-0.2, -0.15) is 0 Å². The fraction of sp³-hybridized carbons (Fsp3) is 0.389. The van der Waals surface area contributed by atoms with Gasteiger partial charge in [0.15, 0.2) is 0 Å². The van der Waals surface area contributed by atoms with Gasteiger partial charge in [0, 0.05) is 17.8 Å². The molecule has 1 fully saturated rings. The molecule has 1 aliphatic rings. The Morgan fingerprint density at radius 2 is 1.70 bits per heavy atom. The summed E-state index contributed by atoms with van der Waals surface area (Å²) in [7, 11) is 0. The third kappa shape index (κ3) is 2.36. The van der Waals surface area contributed by atoms with Gasteiger partial charge in [0.2, 0.25) is 0 Å². The zero-order chi connectivity index (χ0) is 13.8. The van der Waals surface area contributed by atoms with Crippen LogP contribution in [0.1, 0.15) is 49.3 Å². The van der Waals surface area contributed by atoms with E-state index in [9.17, 15) is 5.11 Å². The van der Waals surface area contributed by atoms with Crippen molar-refractivity contribution in [2.45, 2.75) is 43.6 Å². The van der Waals surface area contributed by atoms with E-state index in [0.717, 1.165) is 18.4 Å². The lowest BCUT2D eigenvalue weighted by Crippen LogP contribution is -2.36. The minimum atomic E-state index is -0.473. The van der Waals surface area contributed by atoms with Crippen LogP contribution in [0.25, 0.3) is 0 Å². The second-order valence-electron chi connectivity index (χ2n) is 5.77. The highest BCUT2D eigenvalue weighted by atomic mass is 16.3. The number of hydrogen-bond donors (Lipinski definition) is 1. The topological polar surface area (TPSA) is 33.1 Å². The van der Waals surface area contributed by atoms with Gasteiger partial charge in [-0.05, 0) is 30.0 Å². The maximum absolute atomic E-state index is 11.0. The number of aromatic nitrogens is 1. The number of rotatable bonds is 3. The van der Waals surface area contributed by atoms with Crippen molar-refractivity contribution in [2.24, 2.45) is 0 Å². The lowest BCUT2D eigenvalue weighted by Gasteiger charge is -2.42. The molecule has 1 aliphatic carbocycles. The van der Waals surface area contributed by atoms with E-state index in [0.29, 0.717) is 0 Å². The smallest absolute Gasteiger partial charge is 0.0901 e. The van der Waals surface area contributed by atoms with Crippen molar-refractivity contribution in [2.75, 3.05) is 0 Å². The molecular formula is C18H21NO. The monoisotopic (exact) mass is 267 g/mol. The van der Waals surface area contributed by atoms with Crippen LogP contribution in [0.3, 0.4) is 0 Å². The number of aliphatic hydroxyl groups excluding tert-OH is 1. The molecule has 0 amide bonds. The summed E-state index contributed by atoms with van der Waals surface area (Å²) in [4.78, 5) is 4.17. The largest absolute Gasteiger partial charge is 0.387 e. The summed E-state index contributed by atoms with van der Waals surface area (Å²) in [6.45, 7) is 0. The Labute approximate surface area is 120 Å². The van der Waals surface area contributed by atoms with Gasteiger partial charge in [-0.15, -0.1) is 0 Å². The van der Waals surface area contributed by atoms with Crippen molar-refractivity contribution in [1.29, 1.82) is 0 Å². The maximum Gasteiger partial charge on any atom is 0.0901 e. The first-order chi connectivity index (χ1) is 9.83. The summed E-state index contributed by atoms with van der Waals surface area (Å²) in [5, 5.41) is 11.0. The fourth-order valence-electron chi connectivity index (χ4n) is 3.53. The molecule has 1 saturated carbocycles. The van der Waals surface area contributed by atoms with Crippen LogP contribution in [0.2, 0.25) is 0 Å². The summed E-state index contributed by atoms with van der Waals surface area (Å²) < 4.78 is 0.